The lowest BCUT2D eigenvalue weighted by atomic mass is 9.98. The van der Waals surface area contributed by atoms with Crippen LogP contribution in [0.25, 0.3) is 11.1 Å². The number of unbranched alkanes of at least 4 members (excludes halogenated alkanes) is 2. The molecule has 0 aliphatic heterocycles. The van der Waals surface area contributed by atoms with E-state index in [-0.39, 0.29) is 5.38 Å². The van der Waals surface area contributed by atoms with Crippen LogP contribution in [0.3, 0.4) is 0 Å². The van der Waals surface area contributed by atoms with Crippen LogP contribution in [0.2, 0.25) is 0 Å². The van der Waals surface area contributed by atoms with Crippen LogP contribution in [0.1, 0.15) is 38.7 Å². The van der Waals surface area contributed by atoms with Crippen molar-refractivity contribution in [2.75, 3.05) is 0 Å². The molecule has 0 saturated heterocycles. The Hall–Kier alpha value is -1.85. The van der Waals surface area contributed by atoms with Gasteiger partial charge in [0.25, 0.3) is 0 Å². The highest BCUT2D eigenvalue weighted by Crippen LogP contribution is 2.24. The van der Waals surface area contributed by atoms with Crippen molar-refractivity contribution in [2.45, 2.75) is 44.9 Å². The molecule has 0 amide bonds. The maximum atomic E-state index is 7.95. The van der Waals surface area contributed by atoms with Crippen LogP contribution >= 0.6 is 11.6 Å². The molecule has 0 N–H and O–H groups in total. The van der Waals surface area contributed by atoms with Gasteiger partial charge in [-0.2, -0.15) is 5.26 Å². The SMILES string of the molecule is CC(Cl)Cc1ccccc1-c1cccnc1.CCCCC#N. The van der Waals surface area contributed by atoms with E-state index in [2.05, 4.69) is 42.2 Å². The van der Waals surface area contributed by atoms with Gasteiger partial charge in [0.05, 0.1) is 6.07 Å². The summed E-state index contributed by atoms with van der Waals surface area (Å²) >= 11 is 6.06. The summed E-state index contributed by atoms with van der Waals surface area (Å²) in [4.78, 5) is 4.15. The van der Waals surface area contributed by atoms with Gasteiger partial charge in [-0.3, -0.25) is 4.98 Å². The summed E-state index contributed by atoms with van der Waals surface area (Å²) in [5, 5.41) is 8.10. The van der Waals surface area contributed by atoms with E-state index < -0.39 is 0 Å². The minimum atomic E-state index is 0.151. The molecule has 2 aromatic rings. The second kappa shape index (κ2) is 10.8. The van der Waals surface area contributed by atoms with Gasteiger partial charge < -0.3 is 0 Å². The minimum Gasteiger partial charge on any atom is -0.264 e. The molecule has 0 spiro atoms. The molecule has 116 valence electrons. The molecule has 0 saturated carbocycles. The van der Waals surface area contributed by atoms with E-state index in [1.165, 1.54) is 11.1 Å². The number of alkyl halides is 1. The highest BCUT2D eigenvalue weighted by atomic mass is 35.5. The lowest BCUT2D eigenvalue weighted by molar-refractivity contribution is 0.822. The Kier molecular flexibility index (Phi) is 8.95. The molecule has 1 atom stereocenters. The second-order valence-electron chi connectivity index (χ2n) is 5.15. The zero-order valence-electron chi connectivity index (χ0n) is 13.3. The highest BCUT2D eigenvalue weighted by molar-refractivity contribution is 6.20. The second-order valence-corrected chi connectivity index (χ2v) is 5.89. The Morgan fingerprint density at radius 1 is 1.23 bits per heavy atom. The van der Waals surface area contributed by atoms with Gasteiger partial charge in [0, 0.05) is 29.8 Å². The van der Waals surface area contributed by atoms with Gasteiger partial charge in [0.15, 0.2) is 0 Å². The first-order valence-electron chi connectivity index (χ1n) is 7.68. The fourth-order valence-electron chi connectivity index (χ4n) is 2.06. The fourth-order valence-corrected chi connectivity index (χ4v) is 2.23. The molecule has 2 nitrogen and oxygen atoms in total. The zero-order chi connectivity index (χ0) is 16.2. The average molecular weight is 315 g/mol. The molecule has 0 aliphatic rings. The molecule has 0 radical (unpaired) electrons. The number of rotatable bonds is 5. The number of nitrogens with zero attached hydrogens (tertiary/aromatic N) is 2. The number of benzene rings is 1. The molecule has 1 heterocycles. The van der Waals surface area contributed by atoms with E-state index in [9.17, 15) is 0 Å². The van der Waals surface area contributed by atoms with Gasteiger partial charge in [-0.25, -0.2) is 0 Å². The van der Waals surface area contributed by atoms with Gasteiger partial charge >= 0.3 is 0 Å². The summed E-state index contributed by atoms with van der Waals surface area (Å²) in [6.07, 6.45) is 7.46. The van der Waals surface area contributed by atoms with Gasteiger partial charge in [0.1, 0.15) is 0 Å². The number of aromatic nitrogens is 1. The standard InChI is InChI=1S/C14H14ClN.C5H9N/c1-11(15)9-12-5-2-3-7-14(12)13-6-4-8-16-10-13;1-2-3-4-5-6/h2-8,10-11H,9H2,1H3;2-4H2,1H3. The van der Waals surface area contributed by atoms with Gasteiger partial charge in [0.2, 0.25) is 0 Å². The maximum Gasteiger partial charge on any atom is 0.0621 e. The maximum absolute atomic E-state index is 7.95. The Bertz CT molecular complexity index is 573. The molecule has 1 aromatic heterocycles. The van der Waals surface area contributed by atoms with E-state index in [4.69, 9.17) is 16.9 Å². The summed E-state index contributed by atoms with van der Waals surface area (Å²) < 4.78 is 0. The molecule has 3 heteroatoms. The van der Waals surface area contributed by atoms with Crippen molar-refractivity contribution in [2.24, 2.45) is 0 Å². The lowest BCUT2D eigenvalue weighted by Gasteiger charge is -2.10. The number of hydrogen-bond acceptors (Lipinski definition) is 2. The van der Waals surface area contributed by atoms with E-state index in [1.807, 2.05) is 25.3 Å². The van der Waals surface area contributed by atoms with E-state index in [0.29, 0.717) is 0 Å². The Balaban J connectivity index is 0.000000346. The van der Waals surface area contributed by atoms with Gasteiger partial charge in [-0.15, -0.1) is 11.6 Å². The number of halogens is 1. The summed E-state index contributed by atoms with van der Waals surface area (Å²) in [6.45, 7) is 4.10. The Morgan fingerprint density at radius 2 is 2.00 bits per heavy atom. The van der Waals surface area contributed by atoms with Crippen molar-refractivity contribution in [3.63, 3.8) is 0 Å². The number of nitriles is 1. The third-order valence-electron chi connectivity index (χ3n) is 3.13. The first-order valence-corrected chi connectivity index (χ1v) is 8.12. The molecule has 22 heavy (non-hydrogen) atoms. The third kappa shape index (κ3) is 6.74. The Morgan fingerprint density at radius 3 is 2.55 bits per heavy atom. The number of pyridine rings is 1. The summed E-state index contributed by atoms with van der Waals surface area (Å²) in [7, 11) is 0. The van der Waals surface area contributed by atoms with Gasteiger partial charge in [-0.05, 0) is 37.0 Å². The average Bonchev–Trinajstić information content (AvgIpc) is 2.54. The monoisotopic (exact) mass is 314 g/mol. The fraction of sp³-hybridized carbons (Fsp3) is 0.368. The van der Waals surface area contributed by atoms with Gasteiger partial charge in [-0.1, -0.05) is 43.7 Å². The molecule has 0 aliphatic carbocycles. The molecule has 0 bridgehead atoms. The first kappa shape index (κ1) is 18.2. The zero-order valence-corrected chi connectivity index (χ0v) is 14.1. The molecular formula is C19H23ClN2. The summed E-state index contributed by atoms with van der Waals surface area (Å²) in [5.74, 6) is 0. The van der Waals surface area contributed by atoms with Crippen molar-refractivity contribution < 1.29 is 0 Å². The van der Waals surface area contributed by atoms with Crippen LogP contribution in [0.15, 0.2) is 48.8 Å². The molecule has 2 rings (SSSR count). The van der Waals surface area contributed by atoms with Crippen LogP contribution < -0.4 is 0 Å². The van der Waals surface area contributed by atoms with Crippen LogP contribution in [0, 0.1) is 11.3 Å². The van der Waals surface area contributed by atoms with Crippen LogP contribution in [-0.2, 0) is 6.42 Å². The normalized spacial score (nSPS) is 11.0. The molecule has 1 unspecified atom stereocenters. The van der Waals surface area contributed by atoms with Crippen molar-refractivity contribution in [3.05, 3.63) is 54.4 Å². The highest BCUT2D eigenvalue weighted by Gasteiger charge is 2.06. The largest absolute Gasteiger partial charge is 0.264 e. The smallest absolute Gasteiger partial charge is 0.0621 e. The van der Waals surface area contributed by atoms with Crippen molar-refractivity contribution >= 4 is 11.6 Å². The van der Waals surface area contributed by atoms with Crippen molar-refractivity contribution in [1.29, 1.82) is 5.26 Å². The van der Waals surface area contributed by atoms with E-state index >= 15 is 0 Å². The van der Waals surface area contributed by atoms with Crippen LogP contribution in [0.5, 0.6) is 0 Å². The van der Waals surface area contributed by atoms with Crippen molar-refractivity contribution in [3.8, 4) is 17.2 Å². The number of hydrogen-bond donors (Lipinski definition) is 0. The quantitative estimate of drug-likeness (QED) is 0.530. The summed E-state index contributed by atoms with van der Waals surface area (Å²) in [5.41, 5.74) is 3.65. The topological polar surface area (TPSA) is 36.7 Å². The predicted octanol–water partition coefficient (Wildman–Crippen LogP) is 5.62. The summed E-state index contributed by atoms with van der Waals surface area (Å²) in [6, 6.07) is 14.4. The van der Waals surface area contributed by atoms with E-state index in [1.54, 1.807) is 6.20 Å². The molecular weight excluding hydrogens is 292 g/mol. The molecule has 0 fully saturated rings. The van der Waals surface area contributed by atoms with E-state index in [0.717, 1.165) is 31.2 Å². The predicted molar refractivity (Wildman–Crippen MR) is 93.8 cm³/mol. The first-order chi connectivity index (χ1) is 10.7. The lowest BCUT2D eigenvalue weighted by Crippen LogP contribution is -1.99. The molecule has 1 aromatic carbocycles. The minimum absolute atomic E-state index is 0.151. The third-order valence-corrected chi connectivity index (χ3v) is 3.29. The van der Waals surface area contributed by atoms with Crippen LogP contribution in [0.4, 0.5) is 0 Å². The van der Waals surface area contributed by atoms with Crippen molar-refractivity contribution in [1.82, 2.24) is 4.98 Å². The van der Waals surface area contributed by atoms with Crippen LogP contribution in [-0.4, -0.2) is 10.4 Å². The Labute approximate surface area is 138 Å².